The van der Waals surface area contributed by atoms with Gasteiger partial charge in [0.05, 0.1) is 18.1 Å². The summed E-state index contributed by atoms with van der Waals surface area (Å²) >= 11 is 0. The lowest BCUT2D eigenvalue weighted by molar-refractivity contribution is -0.384. The minimum absolute atomic E-state index is 0.0560. The monoisotopic (exact) mass is 267 g/mol. The van der Waals surface area contributed by atoms with E-state index in [-0.39, 0.29) is 18.0 Å². The second kappa shape index (κ2) is 6.39. The zero-order valence-electron chi connectivity index (χ0n) is 10.5. The molecule has 0 saturated heterocycles. The lowest BCUT2D eigenvalue weighted by Crippen LogP contribution is -2.03. The minimum Gasteiger partial charge on any atom is -0.493 e. The van der Waals surface area contributed by atoms with E-state index in [1.54, 1.807) is 6.92 Å². The maximum Gasteiger partial charge on any atom is 0.328 e. The van der Waals surface area contributed by atoms with E-state index in [1.807, 2.05) is 0 Å². The third-order valence-corrected chi connectivity index (χ3v) is 2.18. The first kappa shape index (κ1) is 14.5. The van der Waals surface area contributed by atoms with Gasteiger partial charge in [-0.2, -0.15) is 0 Å². The summed E-state index contributed by atoms with van der Waals surface area (Å²) in [7, 11) is 1.37. The number of benzene rings is 1. The van der Waals surface area contributed by atoms with Crippen LogP contribution in [0.15, 0.2) is 29.8 Å². The highest BCUT2D eigenvalue weighted by atomic mass is 16.6. The number of nitro groups is 1. The molecule has 1 aromatic rings. The summed E-state index contributed by atoms with van der Waals surface area (Å²) < 4.78 is 10.3. The van der Waals surface area contributed by atoms with Crippen LogP contribution in [-0.2, 0) is 4.79 Å². The molecule has 0 atom stereocenters. The highest BCUT2D eigenvalue weighted by Gasteiger charge is 2.12. The molecule has 0 aliphatic carbocycles. The zero-order valence-corrected chi connectivity index (χ0v) is 10.5. The molecule has 102 valence electrons. The van der Waals surface area contributed by atoms with E-state index in [2.05, 4.69) is 0 Å². The van der Waals surface area contributed by atoms with Crippen LogP contribution in [0.5, 0.6) is 11.5 Å². The Balaban J connectivity index is 2.84. The number of carboxylic acid groups (broad SMARTS) is 1. The first-order valence-corrected chi connectivity index (χ1v) is 5.29. The largest absolute Gasteiger partial charge is 0.493 e. The predicted molar refractivity (Wildman–Crippen MR) is 66.5 cm³/mol. The molecule has 0 bridgehead atoms. The molecule has 1 N–H and O–H groups in total. The fourth-order valence-corrected chi connectivity index (χ4v) is 1.33. The molecule has 1 rings (SSSR count). The van der Waals surface area contributed by atoms with Crippen LogP contribution in [0.2, 0.25) is 0 Å². The summed E-state index contributed by atoms with van der Waals surface area (Å²) in [6.07, 6.45) is 1.03. The third kappa shape index (κ3) is 4.30. The molecular formula is C12H13NO6. The molecule has 19 heavy (non-hydrogen) atoms. The minimum atomic E-state index is -1.06. The zero-order chi connectivity index (χ0) is 14.4. The molecule has 0 radical (unpaired) electrons. The molecule has 0 spiro atoms. The van der Waals surface area contributed by atoms with Crippen LogP contribution < -0.4 is 9.47 Å². The Labute approximate surface area is 109 Å². The van der Waals surface area contributed by atoms with E-state index < -0.39 is 10.9 Å². The van der Waals surface area contributed by atoms with Gasteiger partial charge >= 0.3 is 5.97 Å². The van der Waals surface area contributed by atoms with Crippen LogP contribution >= 0.6 is 0 Å². The molecule has 0 aromatic heterocycles. The van der Waals surface area contributed by atoms with Gasteiger partial charge in [-0.3, -0.25) is 10.1 Å². The van der Waals surface area contributed by atoms with E-state index in [0.717, 1.165) is 6.08 Å². The van der Waals surface area contributed by atoms with Gasteiger partial charge in [0.1, 0.15) is 6.61 Å². The van der Waals surface area contributed by atoms with Crippen molar-refractivity contribution in [1.82, 2.24) is 0 Å². The fourth-order valence-electron chi connectivity index (χ4n) is 1.33. The van der Waals surface area contributed by atoms with Crippen molar-refractivity contribution in [3.05, 3.63) is 40.0 Å². The van der Waals surface area contributed by atoms with E-state index in [4.69, 9.17) is 14.6 Å². The van der Waals surface area contributed by atoms with Gasteiger partial charge in [0.25, 0.3) is 5.69 Å². The van der Waals surface area contributed by atoms with Crippen molar-refractivity contribution in [3.8, 4) is 11.5 Å². The van der Waals surface area contributed by atoms with Crippen LogP contribution in [0.1, 0.15) is 6.92 Å². The quantitative estimate of drug-likeness (QED) is 0.481. The highest BCUT2D eigenvalue weighted by Crippen LogP contribution is 2.31. The summed E-state index contributed by atoms with van der Waals surface area (Å²) in [6, 6.07) is 3.94. The summed E-state index contributed by atoms with van der Waals surface area (Å²) in [4.78, 5) is 20.5. The number of carbonyl (C=O) groups is 1. The number of nitrogens with zero attached hydrogens (tertiary/aromatic N) is 1. The molecule has 0 fully saturated rings. The summed E-state index contributed by atoms with van der Waals surface area (Å²) in [5, 5.41) is 19.2. The summed E-state index contributed by atoms with van der Waals surface area (Å²) in [6.45, 7) is 1.66. The molecule has 0 aliphatic rings. The van der Waals surface area contributed by atoms with Gasteiger partial charge in [-0.25, -0.2) is 4.79 Å². The van der Waals surface area contributed by atoms with Gasteiger partial charge in [0.15, 0.2) is 11.5 Å². The van der Waals surface area contributed by atoms with Crippen molar-refractivity contribution in [2.45, 2.75) is 6.92 Å². The van der Waals surface area contributed by atoms with Crippen LogP contribution in [0, 0.1) is 10.1 Å². The number of aliphatic carboxylic acids is 1. The third-order valence-electron chi connectivity index (χ3n) is 2.18. The first-order chi connectivity index (χ1) is 8.93. The van der Waals surface area contributed by atoms with Gasteiger partial charge in [0, 0.05) is 12.1 Å². The van der Waals surface area contributed by atoms with Crippen molar-refractivity contribution < 1.29 is 24.3 Å². The number of rotatable bonds is 6. The Morgan fingerprint density at radius 1 is 1.47 bits per heavy atom. The number of carboxylic acids is 1. The number of hydrogen-bond acceptors (Lipinski definition) is 5. The average Bonchev–Trinajstić information content (AvgIpc) is 2.35. The molecule has 1 aromatic carbocycles. The highest BCUT2D eigenvalue weighted by molar-refractivity contribution is 5.80. The summed E-state index contributed by atoms with van der Waals surface area (Å²) in [5.41, 5.74) is 0.398. The molecule has 0 unspecified atom stereocenters. The Hall–Kier alpha value is -2.57. The Morgan fingerprint density at radius 2 is 2.16 bits per heavy atom. The first-order valence-electron chi connectivity index (χ1n) is 5.29. The lowest BCUT2D eigenvalue weighted by Gasteiger charge is -2.10. The fraction of sp³-hybridized carbons (Fsp3) is 0.250. The molecule has 0 heterocycles. The van der Waals surface area contributed by atoms with Crippen molar-refractivity contribution >= 4 is 11.7 Å². The number of ether oxygens (including phenoxy) is 2. The number of non-ortho nitro benzene ring substituents is 1. The second-order valence-corrected chi connectivity index (χ2v) is 3.71. The van der Waals surface area contributed by atoms with Gasteiger partial charge in [-0.05, 0) is 18.6 Å². The van der Waals surface area contributed by atoms with Crippen molar-refractivity contribution in [2.24, 2.45) is 0 Å². The van der Waals surface area contributed by atoms with Crippen LogP contribution in [0.25, 0.3) is 0 Å². The van der Waals surface area contributed by atoms with Crippen LogP contribution in [0.4, 0.5) is 5.69 Å². The maximum atomic E-state index is 10.6. The van der Waals surface area contributed by atoms with Crippen LogP contribution in [0.3, 0.4) is 0 Å². The van der Waals surface area contributed by atoms with Crippen molar-refractivity contribution in [1.29, 1.82) is 0 Å². The molecular weight excluding hydrogens is 254 g/mol. The Morgan fingerprint density at radius 3 is 2.68 bits per heavy atom. The summed E-state index contributed by atoms with van der Waals surface area (Å²) in [5.74, 6) is -0.527. The van der Waals surface area contributed by atoms with Crippen molar-refractivity contribution in [3.63, 3.8) is 0 Å². The normalized spacial score (nSPS) is 10.9. The second-order valence-electron chi connectivity index (χ2n) is 3.71. The average molecular weight is 267 g/mol. The maximum absolute atomic E-state index is 10.6. The molecule has 7 nitrogen and oxygen atoms in total. The molecule has 0 saturated carbocycles. The standard InChI is InChI=1S/C12H13NO6/c1-8(5-12(14)15)7-19-10-4-3-9(13(16)17)6-11(10)18-2/h3-6H,7H2,1-2H3,(H,14,15). The lowest BCUT2D eigenvalue weighted by atomic mass is 10.2. The predicted octanol–water partition coefficient (Wildman–Crippen LogP) is 2.01. The Bertz CT molecular complexity index is 523. The Kier molecular flexibility index (Phi) is 4.87. The van der Waals surface area contributed by atoms with Gasteiger partial charge in [-0.1, -0.05) is 0 Å². The SMILES string of the molecule is COc1cc([N+](=O)[O-])ccc1OCC(C)=CC(=O)O. The van der Waals surface area contributed by atoms with Gasteiger partial charge in [-0.15, -0.1) is 0 Å². The van der Waals surface area contributed by atoms with Crippen molar-refractivity contribution in [2.75, 3.05) is 13.7 Å². The van der Waals surface area contributed by atoms with Crippen LogP contribution in [-0.4, -0.2) is 29.7 Å². The van der Waals surface area contributed by atoms with E-state index in [1.165, 1.54) is 25.3 Å². The smallest absolute Gasteiger partial charge is 0.328 e. The van der Waals surface area contributed by atoms with E-state index in [0.29, 0.717) is 11.3 Å². The molecule has 7 heteroatoms. The van der Waals surface area contributed by atoms with Gasteiger partial charge < -0.3 is 14.6 Å². The molecule has 0 amide bonds. The number of hydrogen-bond donors (Lipinski definition) is 1. The van der Waals surface area contributed by atoms with E-state index in [9.17, 15) is 14.9 Å². The number of nitro benzene ring substituents is 1. The molecule has 0 aliphatic heterocycles. The van der Waals surface area contributed by atoms with Gasteiger partial charge in [0.2, 0.25) is 0 Å². The topological polar surface area (TPSA) is 98.9 Å². The van der Waals surface area contributed by atoms with E-state index >= 15 is 0 Å². The number of methoxy groups -OCH3 is 1.